The van der Waals surface area contributed by atoms with Crippen LogP contribution in [0, 0.1) is 0 Å². The van der Waals surface area contributed by atoms with Crippen molar-refractivity contribution in [1.29, 1.82) is 0 Å². The number of aromatic nitrogens is 4. The van der Waals surface area contributed by atoms with Gasteiger partial charge in [-0.15, -0.1) is 0 Å². The minimum Gasteiger partial charge on any atom is -0.309 e. The maximum Gasteiger partial charge on any atom is 0.164 e. The Kier molecular flexibility index (Phi) is 7.43. The maximum atomic E-state index is 5.03. The van der Waals surface area contributed by atoms with Crippen LogP contribution in [0.15, 0.2) is 194 Å². The predicted molar refractivity (Wildman–Crippen MR) is 219 cm³/mol. The molecule has 0 atom stereocenters. The highest BCUT2D eigenvalue weighted by Gasteiger charge is 2.16. The summed E-state index contributed by atoms with van der Waals surface area (Å²) in [5.74, 6) is 1.92. The molecule has 8 aromatic carbocycles. The first-order valence-electron chi connectivity index (χ1n) is 17.9. The van der Waals surface area contributed by atoms with Gasteiger partial charge in [0.2, 0.25) is 0 Å². The third-order valence-electron chi connectivity index (χ3n) is 10.0. The topological polar surface area (TPSA) is 43.6 Å². The minimum atomic E-state index is 0.634. The van der Waals surface area contributed by atoms with Crippen molar-refractivity contribution in [2.75, 3.05) is 0 Å². The molecule has 2 aromatic heterocycles. The SMILES string of the molecule is c1ccc(-c2ccc(-c3nc(-c4ccccc4)nc(-c4ccc(-n5c6ccccc6c6cc7cc(-c8ccccc8)ccc7cc65)cc4)n3)cc2)cc1. The van der Waals surface area contributed by atoms with Gasteiger partial charge in [-0.25, -0.2) is 15.0 Å². The number of rotatable bonds is 6. The van der Waals surface area contributed by atoms with E-state index >= 15 is 0 Å². The fourth-order valence-electron chi connectivity index (χ4n) is 7.35. The Morgan fingerprint density at radius 3 is 1.36 bits per heavy atom. The molecule has 0 N–H and O–H groups in total. The fraction of sp³-hybridized carbons (Fsp3) is 0. The lowest BCUT2D eigenvalue weighted by Gasteiger charge is -2.11. The van der Waals surface area contributed by atoms with E-state index in [0.29, 0.717) is 17.5 Å². The largest absolute Gasteiger partial charge is 0.309 e. The van der Waals surface area contributed by atoms with Crippen LogP contribution in [0.5, 0.6) is 0 Å². The zero-order valence-electron chi connectivity index (χ0n) is 28.8. The predicted octanol–water partition coefficient (Wildman–Crippen LogP) is 12.5. The van der Waals surface area contributed by atoms with Crippen molar-refractivity contribution < 1.29 is 0 Å². The quantitative estimate of drug-likeness (QED) is 0.176. The highest BCUT2D eigenvalue weighted by molar-refractivity contribution is 6.14. The zero-order valence-corrected chi connectivity index (χ0v) is 28.8. The van der Waals surface area contributed by atoms with Gasteiger partial charge in [0, 0.05) is 33.2 Å². The van der Waals surface area contributed by atoms with Gasteiger partial charge in [-0.3, -0.25) is 0 Å². The molecule has 4 nitrogen and oxygen atoms in total. The molecule has 10 aromatic rings. The van der Waals surface area contributed by atoms with E-state index in [2.05, 4.69) is 162 Å². The second kappa shape index (κ2) is 12.9. The third-order valence-corrected chi connectivity index (χ3v) is 10.0. The van der Waals surface area contributed by atoms with Gasteiger partial charge in [0.15, 0.2) is 17.5 Å². The van der Waals surface area contributed by atoms with E-state index in [1.54, 1.807) is 0 Å². The molecule has 0 saturated heterocycles. The number of para-hydroxylation sites is 1. The van der Waals surface area contributed by atoms with Crippen LogP contribution in [0.25, 0.3) is 94.7 Å². The fourth-order valence-corrected chi connectivity index (χ4v) is 7.35. The van der Waals surface area contributed by atoms with Crippen LogP contribution in [0.4, 0.5) is 0 Å². The maximum absolute atomic E-state index is 5.03. The van der Waals surface area contributed by atoms with Gasteiger partial charge in [0.1, 0.15) is 0 Å². The molecule has 0 aliphatic carbocycles. The second-order valence-electron chi connectivity index (χ2n) is 13.3. The summed E-state index contributed by atoms with van der Waals surface area (Å²) in [7, 11) is 0. The summed E-state index contributed by atoms with van der Waals surface area (Å²) in [5, 5.41) is 4.90. The van der Waals surface area contributed by atoms with Crippen LogP contribution in [0.2, 0.25) is 0 Å². The zero-order chi connectivity index (χ0) is 35.1. The van der Waals surface area contributed by atoms with Crippen LogP contribution in [0.3, 0.4) is 0 Å². The molecule has 0 aliphatic heterocycles. The number of nitrogens with zero attached hydrogens (tertiary/aromatic N) is 4. The third kappa shape index (κ3) is 5.63. The summed E-state index contributed by atoms with van der Waals surface area (Å²) in [4.78, 5) is 15.0. The highest BCUT2D eigenvalue weighted by atomic mass is 15.0. The summed E-state index contributed by atoms with van der Waals surface area (Å²) in [6.07, 6.45) is 0. The van der Waals surface area contributed by atoms with E-state index in [-0.39, 0.29) is 0 Å². The van der Waals surface area contributed by atoms with Gasteiger partial charge in [0.25, 0.3) is 0 Å². The molecule has 4 heteroatoms. The van der Waals surface area contributed by atoms with Gasteiger partial charge >= 0.3 is 0 Å². The van der Waals surface area contributed by atoms with Crippen molar-refractivity contribution in [2.45, 2.75) is 0 Å². The standard InChI is InChI=1S/C49H32N4/c1-4-12-33(13-5-1)35-20-22-37(23-21-35)48-50-47(36-16-8-3-9-17-36)51-49(52-48)38-26-28-42(29-27-38)53-45-19-11-10-18-43(45)44-31-41-30-39(34-14-6-2-7-15-34)24-25-40(41)32-46(44)53/h1-32H. The average Bonchev–Trinajstić information content (AvgIpc) is 3.56. The molecule has 0 saturated carbocycles. The number of benzene rings is 8. The lowest BCUT2D eigenvalue weighted by atomic mass is 10.00. The van der Waals surface area contributed by atoms with Crippen LogP contribution >= 0.6 is 0 Å². The number of fused-ring (bicyclic) bond motifs is 4. The molecule has 10 rings (SSSR count). The second-order valence-corrected chi connectivity index (χ2v) is 13.3. The van der Waals surface area contributed by atoms with E-state index < -0.39 is 0 Å². The van der Waals surface area contributed by atoms with Gasteiger partial charge in [-0.1, -0.05) is 146 Å². The highest BCUT2D eigenvalue weighted by Crippen LogP contribution is 2.37. The molecule has 0 fully saturated rings. The average molecular weight is 677 g/mol. The van der Waals surface area contributed by atoms with Crippen LogP contribution < -0.4 is 0 Å². The molecule has 0 radical (unpaired) electrons. The van der Waals surface area contributed by atoms with Crippen molar-refractivity contribution in [3.05, 3.63) is 194 Å². The molecule has 0 spiro atoms. The molecule has 0 aliphatic rings. The lowest BCUT2D eigenvalue weighted by molar-refractivity contribution is 1.07. The molecule has 248 valence electrons. The lowest BCUT2D eigenvalue weighted by Crippen LogP contribution is -2.00. The number of hydrogen-bond donors (Lipinski definition) is 0. The number of hydrogen-bond acceptors (Lipinski definition) is 3. The van der Waals surface area contributed by atoms with E-state index in [1.807, 2.05) is 36.4 Å². The minimum absolute atomic E-state index is 0.634. The van der Waals surface area contributed by atoms with Crippen LogP contribution in [-0.2, 0) is 0 Å². The van der Waals surface area contributed by atoms with Gasteiger partial charge < -0.3 is 4.57 Å². The molecular weight excluding hydrogens is 645 g/mol. The molecule has 0 unspecified atom stereocenters. The van der Waals surface area contributed by atoms with Crippen LogP contribution in [0.1, 0.15) is 0 Å². The Bertz CT molecular complexity index is 2900. The molecule has 0 amide bonds. The Morgan fingerprint density at radius 1 is 0.283 bits per heavy atom. The molecular formula is C49H32N4. The Hall–Kier alpha value is -7.17. The first-order valence-corrected chi connectivity index (χ1v) is 17.9. The van der Waals surface area contributed by atoms with Gasteiger partial charge in [-0.05, 0) is 81.6 Å². The molecule has 53 heavy (non-hydrogen) atoms. The van der Waals surface area contributed by atoms with Crippen molar-refractivity contribution >= 4 is 32.6 Å². The van der Waals surface area contributed by atoms with Crippen molar-refractivity contribution in [2.24, 2.45) is 0 Å². The van der Waals surface area contributed by atoms with E-state index in [1.165, 1.54) is 49.3 Å². The Balaban J connectivity index is 1.06. The van der Waals surface area contributed by atoms with Crippen molar-refractivity contribution in [3.8, 4) is 62.1 Å². The Morgan fingerprint density at radius 2 is 0.736 bits per heavy atom. The van der Waals surface area contributed by atoms with E-state index in [9.17, 15) is 0 Å². The molecule has 0 bridgehead atoms. The van der Waals surface area contributed by atoms with Crippen molar-refractivity contribution in [3.63, 3.8) is 0 Å². The van der Waals surface area contributed by atoms with Crippen molar-refractivity contribution in [1.82, 2.24) is 19.5 Å². The molecule has 2 heterocycles. The van der Waals surface area contributed by atoms with Gasteiger partial charge in [0.05, 0.1) is 11.0 Å². The summed E-state index contributed by atoms with van der Waals surface area (Å²) >= 11 is 0. The van der Waals surface area contributed by atoms with E-state index in [4.69, 9.17) is 15.0 Å². The first kappa shape index (κ1) is 30.6. The van der Waals surface area contributed by atoms with Gasteiger partial charge in [-0.2, -0.15) is 0 Å². The summed E-state index contributed by atoms with van der Waals surface area (Å²) < 4.78 is 2.36. The Labute approximate surface area is 307 Å². The summed E-state index contributed by atoms with van der Waals surface area (Å²) in [6, 6.07) is 68.2. The normalized spacial score (nSPS) is 11.4. The first-order chi connectivity index (χ1) is 26.2. The van der Waals surface area contributed by atoms with Crippen LogP contribution in [-0.4, -0.2) is 19.5 Å². The monoisotopic (exact) mass is 676 g/mol. The summed E-state index contributed by atoms with van der Waals surface area (Å²) in [5.41, 5.74) is 11.0. The van der Waals surface area contributed by atoms with E-state index in [0.717, 1.165) is 27.9 Å². The smallest absolute Gasteiger partial charge is 0.164 e. The summed E-state index contributed by atoms with van der Waals surface area (Å²) in [6.45, 7) is 0.